The van der Waals surface area contributed by atoms with Crippen LogP contribution >= 0.6 is 22.6 Å². The van der Waals surface area contributed by atoms with Crippen molar-refractivity contribution in [3.63, 3.8) is 0 Å². The number of amides is 1. The number of hydrogen-bond acceptors (Lipinski definition) is 4. The van der Waals surface area contributed by atoms with Crippen molar-refractivity contribution in [3.05, 3.63) is 0 Å². The molecule has 0 aromatic carbocycles. The van der Waals surface area contributed by atoms with Crippen LogP contribution in [0.2, 0.25) is 0 Å². The van der Waals surface area contributed by atoms with Crippen molar-refractivity contribution in [1.82, 2.24) is 15.1 Å². The lowest BCUT2D eigenvalue weighted by molar-refractivity contribution is -0.126. The van der Waals surface area contributed by atoms with Crippen LogP contribution in [-0.2, 0) is 9.59 Å². The van der Waals surface area contributed by atoms with Gasteiger partial charge < -0.3 is 10.1 Å². The van der Waals surface area contributed by atoms with Crippen LogP contribution in [0.15, 0.2) is 0 Å². The van der Waals surface area contributed by atoms with Gasteiger partial charge in [0.1, 0.15) is 5.78 Å². The molecule has 2 aliphatic rings. The molecular formula is C16H28IN3O2. The summed E-state index contributed by atoms with van der Waals surface area (Å²) in [6, 6.07) is 0.659. The Kier molecular flexibility index (Phi) is 7.08. The maximum absolute atomic E-state index is 12.2. The number of carbonyl (C=O) groups excluding carboxylic acids is 2. The molecule has 6 heteroatoms. The van der Waals surface area contributed by atoms with Crippen LogP contribution in [0.25, 0.3) is 0 Å². The van der Waals surface area contributed by atoms with Gasteiger partial charge in [-0.25, -0.2) is 0 Å². The van der Waals surface area contributed by atoms with Gasteiger partial charge in [-0.2, -0.15) is 0 Å². The van der Waals surface area contributed by atoms with Gasteiger partial charge in [-0.05, 0) is 52.7 Å². The van der Waals surface area contributed by atoms with Crippen LogP contribution in [0.4, 0.5) is 0 Å². The van der Waals surface area contributed by atoms with Gasteiger partial charge in [0.15, 0.2) is 0 Å². The summed E-state index contributed by atoms with van der Waals surface area (Å²) in [7, 11) is 2.19. The Morgan fingerprint density at radius 2 is 1.95 bits per heavy atom. The first-order valence-corrected chi connectivity index (χ1v) is 9.57. The van der Waals surface area contributed by atoms with E-state index in [1.807, 2.05) is 0 Å². The lowest BCUT2D eigenvalue weighted by Gasteiger charge is -2.35. The second-order valence-electron chi connectivity index (χ2n) is 6.67. The number of rotatable bonds is 6. The highest BCUT2D eigenvalue weighted by molar-refractivity contribution is 14.1. The molecule has 2 atom stereocenters. The highest BCUT2D eigenvalue weighted by Crippen LogP contribution is 2.28. The summed E-state index contributed by atoms with van der Waals surface area (Å²) in [5.74, 6) is 0.527. The molecule has 2 saturated heterocycles. The zero-order chi connectivity index (χ0) is 16.1. The Bertz CT molecular complexity index is 387. The van der Waals surface area contributed by atoms with E-state index in [2.05, 4.69) is 44.8 Å². The molecule has 126 valence electrons. The standard InChI is InChI=1S/C16H28IN3O2/c1-12(21)4-3-7-18-16(22)13-5-8-20(9-6-13)14-10-15(17)19(2)11-14/h13-15H,3-11H2,1-2H3,(H,18,22)/t14-,15-/m0/s1. The van der Waals surface area contributed by atoms with Crippen LogP contribution in [0.5, 0.6) is 0 Å². The molecule has 0 bridgehead atoms. The van der Waals surface area contributed by atoms with Crippen LogP contribution in [-0.4, -0.2) is 64.8 Å². The number of piperidine rings is 1. The van der Waals surface area contributed by atoms with E-state index in [9.17, 15) is 9.59 Å². The number of halogens is 1. The van der Waals surface area contributed by atoms with Crippen LogP contribution in [0, 0.1) is 5.92 Å². The molecule has 2 heterocycles. The highest BCUT2D eigenvalue weighted by atomic mass is 127. The van der Waals surface area contributed by atoms with Gasteiger partial charge in [0.2, 0.25) is 5.91 Å². The molecule has 0 radical (unpaired) electrons. The van der Waals surface area contributed by atoms with Crippen molar-refractivity contribution in [3.8, 4) is 0 Å². The predicted molar refractivity (Wildman–Crippen MR) is 96.1 cm³/mol. The minimum atomic E-state index is 0.156. The second-order valence-corrected chi connectivity index (χ2v) is 8.11. The summed E-state index contributed by atoms with van der Waals surface area (Å²) < 4.78 is 0.643. The maximum atomic E-state index is 12.2. The number of nitrogens with one attached hydrogen (secondary N) is 1. The number of carbonyl (C=O) groups is 2. The van der Waals surface area contributed by atoms with E-state index in [0.29, 0.717) is 23.1 Å². The molecule has 1 amide bonds. The zero-order valence-corrected chi connectivity index (χ0v) is 15.8. The fourth-order valence-corrected chi connectivity index (χ4v) is 4.22. The number of hydrogen-bond donors (Lipinski definition) is 1. The largest absolute Gasteiger partial charge is 0.356 e. The fourth-order valence-electron chi connectivity index (χ4n) is 3.41. The molecule has 2 aliphatic heterocycles. The quantitative estimate of drug-likeness (QED) is 0.307. The minimum Gasteiger partial charge on any atom is -0.356 e. The Labute approximate surface area is 147 Å². The SMILES string of the molecule is CC(=O)CCCNC(=O)C1CCN([C@H]2C[C@@H](I)N(C)C2)CC1. The normalized spacial score (nSPS) is 28.0. The molecule has 5 nitrogen and oxygen atoms in total. The van der Waals surface area contributed by atoms with Crippen molar-refractivity contribution < 1.29 is 9.59 Å². The Hall–Kier alpha value is -0.210. The monoisotopic (exact) mass is 421 g/mol. The summed E-state index contributed by atoms with van der Waals surface area (Å²) in [6.07, 6.45) is 4.48. The Balaban J connectivity index is 1.66. The van der Waals surface area contributed by atoms with E-state index < -0.39 is 0 Å². The van der Waals surface area contributed by atoms with Gasteiger partial charge >= 0.3 is 0 Å². The first-order valence-electron chi connectivity index (χ1n) is 8.33. The van der Waals surface area contributed by atoms with E-state index >= 15 is 0 Å². The number of Topliss-reactive ketones (excluding diaryl/α,β-unsaturated/α-hetero) is 1. The first-order chi connectivity index (χ1) is 10.5. The lowest BCUT2D eigenvalue weighted by Crippen LogP contribution is -2.45. The summed E-state index contributed by atoms with van der Waals surface area (Å²) in [6.45, 7) is 5.44. The molecule has 1 N–H and O–H groups in total. The maximum Gasteiger partial charge on any atom is 0.223 e. The molecule has 0 aliphatic carbocycles. The minimum absolute atomic E-state index is 0.156. The molecular weight excluding hydrogens is 393 g/mol. The molecule has 0 aromatic rings. The number of nitrogens with zero attached hydrogens (tertiary/aromatic N) is 2. The fraction of sp³-hybridized carbons (Fsp3) is 0.875. The summed E-state index contributed by atoms with van der Waals surface area (Å²) >= 11 is 2.52. The Morgan fingerprint density at radius 3 is 2.50 bits per heavy atom. The average Bonchev–Trinajstić information content (AvgIpc) is 2.83. The molecule has 2 fully saturated rings. The van der Waals surface area contributed by atoms with Crippen molar-refractivity contribution >= 4 is 34.3 Å². The van der Waals surface area contributed by atoms with E-state index in [1.54, 1.807) is 6.92 Å². The molecule has 0 unspecified atom stereocenters. The van der Waals surface area contributed by atoms with Gasteiger partial charge in [0.25, 0.3) is 0 Å². The predicted octanol–water partition coefficient (Wildman–Crippen LogP) is 1.65. The van der Waals surface area contributed by atoms with E-state index in [-0.39, 0.29) is 17.6 Å². The second kappa shape index (κ2) is 8.59. The van der Waals surface area contributed by atoms with Gasteiger partial charge in [-0.3, -0.25) is 14.6 Å². The van der Waals surface area contributed by atoms with Crippen molar-refractivity contribution in [2.45, 2.75) is 49.1 Å². The average molecular weight is 421 g/mol. The topological polar surface area (TPSA) is 52.7 Å². The number of alkyl halides is 1. The van der Waals surface area contributed by atoms with Crippen LogP contribution < -0.4 is 5.32 Å². The van der Waals surface area contributed by atoms with Crippen molar-refractivity contribution in [2.75, 3.05) is 33.2 Å². The summed E-state index contributed by atoms with van der Waals surface area (Å²) in [5.41, 5.74) is 0. The van der Waals surface area contributed by atoms with Gasteiger partial charge in [-0.1, -0.05) is 22.6 Å². The van der Waals surface area contributed by atoms with Crippen molar-refractivity contribution in [2.24, 2.45) is 5.92 Å². The Morgan fingerprint density at radius 1 is 1.27 bits per heavy atom. The summed E-state index contributed by atoms with van der Waals surface area (Å²) in [5, 5.41) is 2.99. The molecule has 0 saturated carbocycles. The van der Waals surface area contributed by atoms with E-state index in [4.69, 9.17) is 0 Å². The number of ketones is 1. The van der Waals surface area contributed by atoms with E-state index in [1.165, 1.54) is 6.42 Å². The van der Waals surface area contributed by atoms with Gasteiger partial charge in [0.05, 0.1) is 4.05 Å². The smallest absolute Gasteiger partial charge is 0.223 e. The van der Waals surface area contributed by atoms with Crippen LogP contribution in [0.3, 0.4) is 0 Å². The van der Waals surface area contributed by atoms with Crippen LogP contribution in [0.1, 0.15) is 39.0 Å². The number of likely N-dealkylation sites (N-methyl/N-ethyl adjacent to an activating group) is 1. The molecule has 0 spiro atoms. The summed E-state index contributed by atoms with van der Waals surface area (Å²) in [4.78, 5) is 28.0. The third kappa shape index (κ3) is 5.16. The van der Waals surface area contributed by atoms with Crippen molar-refractivity contribution in [1.29, 1.82) is 0 Å². The molecule has 0 aromatic heterocycles. The number of likely N-dealkylation sites (tertiary alicyclic amines) is 2. The zero-order valence-electron chi connectivity index (χ0n) is 13.7. The highest BCUT2D eigenvalue weighted by Gasteiger charge is 2.34. The first kappa shape index (κ1) is 18.1. The molecule has 22 heavy (non-hydrogen) atoms. The third-order valence-electron chi connectivity index (χ3n) is 4.87. The molecule has 2 rings (SSSR count). The van der Waals surface area contributed by atoms with E-state index in [0.717, 1.165) is 38.9 Å². The van der Waals surface area contributed by atoms with Gasteiger partial charge in [0, 0.05) is 31.5 Å². The van der Waals surface area contributed by atoms with Gasteiger partial charge in [-0.15, -0.1) is 0 Å². The lowest BCUT2D eigenvalue weighted by atomic mass is 9.94. The third-order valence-corrected chi connectivity index (χ3v) is 6.32.